The Morgan fingerprint density at radius 1 is 0.960 bits per heavy atom. The lowest BCUT2D eigenvalue weighted by Gasteiger charge is -2.29. The minimum atomic E-state index is -0.449. The summed E-state index contributed by atoms with van der Waals surface area (Å²) in [4.78, 5) is 51.8. The van der Waals surface area contributed by atoms with Gasteiger partial charge in [0.15, 0.2) is 0 Å². The lowest BCUT2D eigenvalue weighted by Crippen LogP contribution is -2.43. The average molecular weight is 671 g/mol. The van der Waals surface area contributed by atoms with Crippen molar-refractivity contribution in [3.63, 3.8) is 0 Å². The molecule has 4 aliphatic rings. The van der Waals surface area contributed by atoms with Crippen molar-refractivity contribution >= 4 is 28.8 Å². The summed E-state index contributed by atoms with van der Waals surface area (Å²) in [7, 11) is 1.94. The van der Waals surface area contributed by atoms with Gasteiger partial charge in [0.05, 0.1) is 42.3 Å². The van der Waals surface area contributed by atoms with Crippen LogP contribution in [0.3, 0.4) is 0 Å². The molecule has 0 N–H and O–H groups in total. The number of fused-ring (bicyclic) bond motifs is 1. The van der Waals surface area contributed by atoms with E-state index in [1.54, 1.807) is 6.33 Å². The van der Waals surface area contributed by atoms with Crippen molar-refractivity contribution < 1.29 is 14.3 Å². The van der Waals surface area contributed by atoms with Gasteiger partial charge < -0.3 is 19.1 Å². The lowest BCUT2D eigenvalue weighted by molar-refractivity contribution is -0.132. The second-order valence-electron chi connectivity index (χ2n) is 14.2. The number of hydrogen-bond donors (Lipinski definition) is 0. The zero-order chi connectivity index (χ0) is 34.4. The Morgan fingerprint density at radius 3 is 2.52 bits per heavy atom. The first-order chi connectivity index (χ1) is 24.2. The third-order valence-electron chi connectivity index (χ3n) is 10.4. The number of aryl methyl sites for hydroxylation is 1. The fourth-order valence-electron chi connectivity index (χ4n) is 7.69. The van der Waals surface area contributed by atoms with Crippen molar-refractivity contribution in [1.29, 1.82) is 0 Å². The largest absolute Gasteiger partial charge is 0.475 e. The maximum atomic E-state index is 14.0. The van der Waals surface area contributed by atoms with E-state index in [-0.39, 0.29) is 17.9 Å². The number of likely N-dealkylation sites (tertiary alicyclic amines) is 1. The van der Waals surface area contributed by atoms with E-state index in [4.69, 9.17) is 9.73 Å². The van der Waals surface area contributed by atoms with Crippen LogP contribution < -0.4 is 9.64 Å². The lowest BCUT2D eigenvalue weighted by atomic mass is 9.85. The molecule has 8 rings (SSSR count). The Bertz CT molecular complexity index is 2000. The highest BCUT2D eigenvalue weighted by atomic mass is 16.5. The monoisotopic (exact) mass is 670 g/mol. The summed E-state index contributed by atoms with van der Waals surface area (Å²) in [5.41, 5.74) is 8.47. The van der Waals surface area contributed by atoms with Crippen LogP contribution in [-0.4, -0.2) is 92.2 Å². The molecule has 11 nitrogen and oxygen atoms in total. The number of carbonyl (C=O) groups is 2. The molecule has 1 aromatic carbocycles. The molecule has 1 spiro atoms. The van der Waals surface area contributed by atoms with Crippen molar-refractivity contribution in [2.45, 2.75) is 45.8 Å². The molecule has 2 amide bonds. The fraction of sp³-hybridized carbons (Fsp3) is 0.385. The molecule has 0 unspecified atom stereocenters. The number of amides is 2. The van der Waals surface area contributed by atoms with Crippen molar-refractivity contribution in [1.82, 2.24) is 29.3 Å². The van der Waals surface area contributed by atoms with Crippen molar-refractivity contribution in [2.24, 2.45) is 17.5 Å². The van der Waals surface area contributed by atoms with Gasteiger partial charge in [-0.25, -0.2) is 9.97 Å². The molecule has 3 aromatic heterocycles. The molecule has 4 aliphatic heterocycles. The Morgan fingerprint density at radius 2 is 1.80 bits per heavy atom. The second kappa shape index (κ2) is 12.9. The molecular formula is C39H42N8O3. The first-order valence-electron chi connectivity index (χ1n) is 17.5. The summed E-state index contributed by atoms with van der Waals surface area (Å²) in [6.45, 7) is 8.20. The van der Waals surface area contributed by atoms with Gasteiger partial charge in [0.25, 0.3) is 0 Å². The molecule has 7 heterocycles. The number of aromatic nitrogens is 4. The molecular weight excluding hydrogens is 628 g/mol. The summed E-state index contributed by atoms with van der Waals surface area (Å²) < 4.78 is 7.62. The number of benzene rings is 1. The fourth-order valence-corrected chi connectivity index (χ4v) is 7.69. The van der Waals surface area contributed by atoms with Crippen LogP contribution in [0.1, 0.15) is 55.4 Å². The van der Waals surface area contributed by atoms with Gasteiger partial charge in [0, 0.05) is 74.7 Å². The van der Waals surface area contributed by atoms with Gasteiger partial charge in [-0.3, -0.25) is 24.5 Å². The highest BCUT2D eigenvalue weighted by Gasteiger charge is 2.51. The number of nitrogens with zero attached hydrogens (tertiary/aromatic N) is 8. The predicted octanol–water partition coefficient (Wildman–Crippen LogP) is 4.76. The maximum absolute atomic E-state index is 14.0. The molecule has 11 heteroatoms. The third kappa shape index (κ3) is 6.10. The van der Waals surface area contributed by atoms with Gasteiger partial charge in [0.2, 0.25) is 17.7 Å². The van der Waals surface area contributed by atoms with Crippen LogP contribution in [0.4, 0.5) is 5.69 Å². The molecule has 0 bridgehead atoms. The quantitative estimate of drug-likeness (QED) is 0.266. The molecule has 0 radical (unpaired) electrons. The van der Waals surface area contributed by atoms with Crippen molar-refractivity contribution in [2.75, 3.05) is 44.2 Å². The van der Waals surface area contributed by atoms with E-state index in [0.717, 1.165) is 70.8 Å². The van der Waals surface area contributed by atoms with Crippen LogP contribution in [0.15, 0.2) is 78.5 Å². The number of imidazole rings is 1. The van der Waals surface area contributed by atoms with Crippen LogP contribution in [0.2, 0.25) is 0 Å². The minimum absolute atomic E-state index is 0.0574. The standard InChI is InChI=1S/C39H42N8O3/c1-26(2)50-35-9-6-30(21-41-35)37-32-18-31(7-4-29(32)20-42-37)47-17-13-39(38(47)49)12-16-45(24-39)23-36(48)46-14-10-27(11-15-46)28-5-8-33(40-19-28)34-22-44(3)25-43-34/h4-10,18-19,21-22,25-26H,11-17,20,23-24H2,1-3H3/t39-/m0/s1. The number of ether oxygens (including phenoxy) is 1. The van der Waals surface area contributed by atoms with E-state index in [9.17, 15) is 9.59 Å². The van der Waals surface area contributed by atoms with Gasteiger partial charge in [0.1, 0.15) is 5.69 Å². The maximum Gasteiger partial charge on any atom is 0.237 e. The third-order valence-corrected chi connectivity index (χ3v) is 10.4. The summed E-state index contributed by atoms with van der Waals surface area (Å²) in [5.74, 6) is 0.872. The first-order valence-corrected chi connectivity index (χ1v) is 17.5. The summed E-state index contributed by atoms with van der Waals surface area (Å²) in [6.07, 6.45) is 12.0. The average Bonchev–Trinajstić information content (AvgIpc) is 3.92. The Balaban J connectivity index is 0.876. The zero-order valence-corrected chi connectivity index (χ0v) is 28.9. The van der Waals surface area contributed by atoms with E-state index in [1.165, 1.54) is 5.57 Å². The smallest absolute Gasteiger partial charge is 0.237 e. The minimum Gasteiger partial charge on any atom is -0.475 e. The SMILES string of the molecule is CC(C)Oc1ccc(C2=NCc3ccc(N4CC[C@]5(CCN(CC(=O)N6CC=C(c7ccc(-c8cn(C)cn8)nc7)CC6)C5)C4=O)cc32)cn1. The molecule has 2 fully saturated rings. The number of pyridine rings is 2. The van der Waals surface area contributed by atoms with Crippen molar-refractivity contribution in [3.05, 3.63) is 95.7 Å². The number of anilines is 1. The molecule has 2 saturated heterocycles. The van der Waals surface area contributed by atoms with Crippen LogP contribution >= 0.6 is 0 Å². The van der Waals surface area contributed by atoms with Gasteiger partial charge in [-0.15, -0.1) is 0 Å². The number of rotatable bonds is 8. The van der Waals surface area contributed by atoms with E-state index in [2.05, 4.69) is 44.1 Å². The van der Waals surface area contributed by atoms with E-state index >= 15 is 0 Å². The topological polar surface area (TPSA) is 109 Å². The molecule has 0 aliphatic carbocycles. The van der Waals surface area contributed by atoms with Gasteiger partial charge in [-0.2, -0.15) is 0 Å². The summed E-state index contributed by atoms with van der Waals surface area (Å²) in [6, 6.07) is 14.2. The predicted molar refractivity (Wildman–Crippen MR) is 192 cm³/mol. The highest BCUT2D eigenvalue weighted by molar-refractivity contribution is 6.16. The van der Waals surface area contributed by atoms with Gasteiger partial charge >= 0.3 is 0 Å². The first kappa shape index (κ1) is 32.1. The van der Waals surface area contributed by atoms with E-state index in [0.29, 0.717) is 45.1 Å². The number of aliphatic imine (C=N–C) groups is 1. The molecule has 0 saturated carbocycles. The van der Waals surface area contributed by atoms with Crippen molar-refractivity contribution in [3.8, 4) is 17.3 Å². The molecule has 50 heavy (non-hydrogen) atoms. The molecule has 4 aromatic rings. The Kier molecular flexibility index (Phi) is 8.30. The summed E-state index contributed by atoms with van der Waals surface area (Å²) in [5, 5.41) is 0. The zero-order valence-electron chi connectivity index (χ0n) is 28.9. The molecule has 256 valence electrons. The van der Waals surface area contributed by atoms with Gasteiger partial charge in [-0.05, 0) is 80.6 Å². The Labute approximate surface area is 292 Å². The van der Waals surface area contributed by atoms with Crippen LogP contribution in [0.5, 0.6) is 5.88 Å². The van der Waals surface area contributed by atoms with Crippen LogP contribution in [-0.2, 0) is 23.2 Å². The van der Waals surface area contributed by atoms with E-state index < -0.39 is 5.41 Å². The summed E-state index contributed by atoms with van der Waals surface area (Å²) >= 11 is 0. The number of carbonyl (C=O) groups excluding carboxylic acids is 2. The number of hydrogen-bond acceptors (Lipinski definition) is 8. The second-order valence-corrected chi connectivity index (χ2v) is 14.2. The normalized spacial score (nSPS) is 20.5. The van der Waals surface area contributed by atoms with Gasteiger partial charge in [-0.1, -0.05) is 18.2 Å². The van der Waals surface area contributed by atoms with E-state index in [1.807, 2.05) is 78.1 Å². The van der Waals surface area contributed by atoms with Crippen LogP contribution in [0, 0.1) is 5.41 Å². The molecule has 1 atom stereocenters. The Hall–Kier alpha value is -5.16. The highest BCUT2D eigenvalue weighted by Crippen LogP contribution is 2.43. The van der Waals surface area contributed by atoms with Crippen LogP contribution in [0.25, 0.3) is 17.0 Å².